The summed E-state index contributed by atoms with van der Waals surface area (Å²) < 4.78 is 10.9. The Labute approximate surface area is 201 Å². The summed E-state index contributed by atoms with van der Waals surface area (Å²) in [6.07, 6.45) is 1.47. The maximum atomic E-state index is 12.5. The summed E-state index contributed by atoms with van der Waals surface area (Å²) in [5.41, 5.74) is 2.66. The van der Waals surface area contributed by atoms with Crippen LogP contribution in [0.2, 0.25) is 0 Å². The van der Waals surface area contributed by atoms with Crippen LogP contribution in [-0.4, -0.2) is 30.6 Å². The molecule has 0 aliphatic carbocycles. The summed E-state index contributed by atoms with van der Waals surface area (Å²) in [6.45, 7) is 3.55. The van der Waals surface area contributed by atoms with Gasteiger partial charge in [0, 0.05) is 21.6 Å². The molecular formula is C22H18BrN3O4S2. The molecule has 0 amide bonds. The third kappa shape index (κ3) is 5.07. The van der Waals surface area contributed by atoms with Crippen LogP contribution in [0.1, 0.15) is 37.5 Å². The number of carbonyl (C=O) groups excluding carboxylic acids is 2. The molecule has 1 N–H and O–H groups in total. The van der Waals surface area contributed by atoms with Gasteiger partial charge in [0.25, 0.3) is 0 Å². The van der Waals surface area contributed by atoms with Gasteiger partial charge in [0.1, 0.15) is 26.5 Å². The van der Waals surface area contributed by atoms with Crippen molar-refractivity contribution in [3.63, 3.8) is 0 Å². The lowest BCUT2D eigenvalue weighted by Gasteiger charge is -2.05. The molecule has 2 aromatic heterocycles. The first-order valence-electron chi connectivity index (χ1n) is 9.37. The Hall–Kier alpha value is -3.00. The predicted molar refractivity (Wildman–Crippen MR) is 129 cm³/mol. The van der Waals surface area contributed by atoms with Gasteiger partial charge in [-0.15, -0.1) is 22.7 Å². The smallest absolute Gasteiger partial charge is 0.348 e. The Morgan fingerprint density at radius 3 is 2.78 bits per heavy atom. The first-order chi connectivity index (χ1) is 15.4. The second kappa shape index (κ2) is 10.5. The molecular weight excluding hydrogens is 514 g/mol. The molecule has 0 atom stereocenters. The number of allylic oxidation sites excluding steroid dienone is 1. The molecule has 10 heteroatoms. The number of nitrogens with zero attached hydrogens (tertiary/aromatic N) is 2. The Morgan fingerprint density at radius 1 is 1.34 bits per heavy atom. The number of thiazole rings is 1. The van der Waals surface area contributed by atoms with E-state index in [2.05, 4.69) is 32.3 Å². The van der Waals surface area contributed by atoms with Crippen LogP contribution in [0.25, 0.3) is 16.8 Å². The lowest BCUT2D eigenvalue weighted by molar-refractivity contribution is 0.0527. The van der Waals surface area contributed by atoms with Crippen molar-refractivity contribution in [2.45, 2.75) is 13.8 Å². The fourth-order valence-corrected chi connectivity index (χ4v) is 5.09. The molecule has 7 nitrogen and oxygen atoms in total. The number of halogens is 1. The van der Waals surface area contributed by atoms with E-state index in [4.69, 9.17) is 9.47 Å². The van der Waals surface area contributed by atoms with Crippen molar-refractivity contribution in [2.75, 3.05) is 19.0 Å². The van der Waals surface area contributed by atoms with Gasteiger partial charge in [0.05, 0.1) is 25.0 Å². The maximum Gasteiger partial charge on any atom is 0.348 e. The Balaban J connectivity index is 1.94. The number of hydrogen-bond acceptors (Lipinski definition) is 9. The SMILES string of the molecule is CCOC(=O)c1c(NC=C(C#N)c2nc(-c3cccc(Br)c3)cs2)sc(C(=O)OC)c1C. The number of esters is 2. The van der Waals surface area contributed by atoms with Gasteiger partial charge in [-0.25, -0.2) is 14.6 Å². The second-order valence-electron chi connectivity index (χ2n) is 6.33. The number of aromatic nitrogens is 1. The van der Waals surface area contributed by atoms with Crippen molar-refractivity contribution in [3.8, 4) is 17.3 Å². The minimum atomic E-state index is -0.558. The molecule has 164 valence electrons. The van der Waals surface area contributed by atoms with Crippen LogP contribution in [0.15, 0.2) is 40.3 Å². The number of thiophene rings is 1. The molecule has 0 bridgehead atoms. The number of nitriles is 1. The van der Waals surface area contributed by atoms with Crippen molar-refractivity contribution in [1.29, 1.82) is 5.26 Å². The summed E-state index contributed by atoms with van der Waals surface area (Å²) in [4.78, 5) is 29.4. The van der Waals surface area contributed by atoms with Gasteiger partial charge in [-0.2, -0.15) is 5.26 Å². The zero-order valence-electron chi connectivity index (χ0n) is 17.4. The summed E-state index contributed by atoms with van der Waals surface area (Å²) in [7, 11) is 1.28. The van der Waals surface area contributed by atoms with Gasteiger partial charge in [-0.1, -0.05) is 28.1 Å². The minimum Gasteiger partial charge on any atom is -0.465 e. The minimum absolute atomic E-state index is 0.192. The van der Waals surface area contributed by atoms with Gasteiger partial charge in [-0.05, 0) is 31.5 Å². The summed E-state index contributed by atoms with van der Waals surface area (Å²) in [5.74, 6) is -1.11. The quantitative estimate of drug-likeness (QED) is 0.299. The van der Waals surface area contributed by atoms with Gasteiger partial charge in [0.15, 0.2) is 0 Å². The van der Waals surface area contributed by atoms with Crippen LogP contribution in [0.4, 0.5) is 5.00 Å². The van der Waals surface area contributed by atoms with Crippen LogP contribution >= 0.6 is 38.6 Å². The zero-order valence-corrected chi connectivity index (χ0v) is 20.6. The van der Waals surface area contributed by atoms with E-state index in [0.29, 0.717) is 15.6 Å². The average molecular weight is 532 g/mol. The normalized spacial score (nSPS) is 11.0. The Morgan fingerprint density at radius 2 is 2.12 bits per heavy atom. The molecule has 3 aromatic rings. The largest absolute Gasteiger partial charge is 0.465 e. The first-order valence-corrected chi connectivity index (χ1v) is 11.9. The monoisotopic (exact) mass is 531 g/mol. The molecule has 32 heavy (non-hydrogen) atoms. The summed E-state index contributed by atoms with van der Waals surface area (Å²) >= 11 is 5.84. The first kappa shape index (κ1) is 23.7. The van der Waals surface area contributed by atoms with E-state index in [1.54, 1.807) is 13.8 Å². The van der Waals surface area contributed by atoms with Crippen molar-refractivity contribution < 1.29 is 19.1 Å². The van der Waals surface area contributed by atoms with Crippen LogP contribution in [0.5, 0.6) is 0 Å². The molecule has 0 saturated heterocycles. The van der Waals surface area contributed by atoms with Crippen LogP contribution < -0.4 is 5.32 Å². The number of ether oxygens (including phenoxy) is 2. The highest BCUT2D eigenvalue weighted by atomic mass is 79.9. The molecule has 0 aliphatic rings. The Kier molecular flexibility index (Phi) is 7.80. The van der Waals surface area contributed by atoms with Crippen LogP contribution in [0, 0.1) is 18.3 Å². The zero-order chi connectivity index (χ0) is 23.3. The highest BCUT2D eigenvalue weighted by Crippen LogP contribution is 2.35. The van der Waals surface area contributed by atoms with E-state index in [-0.39, 0.29) is 22.6 Å². The van der Waals surface area contributed by atoms with Gasteiger partial charge in [-0.3, -0.25) is 0 Å². The number of methoxy groups -OCH3 is 1. The number of hydrogen-bond donors (Lipinski definition) is 1. The number of anilines is 1. The molecule has 3 rings (SSSR count). The third-order valence-electron chi connectivity index (χ3n) is 4.32. The second-order valence-corrected chi connectivity index (χ2v) is 9.13. The van der Waals surface area contributed by atoms with E-state index in [1.807, 2.05) is 29.6 Å². The fourth-order valence-electron chi connectivity index (χ4n) is 2.81. The number of benzene rings is 1. The van der Waals surface area contributed by atoms with E-state index >= 15 is 0 Å². The molecule has 2 heterocycles. The Bertz CT molecular complexity index is 1240. The fraction of sp³-hybridized carbons (Fsp3) is 0.182. The van der Waals surface area contributed by atoms with Crippen LogP contribution in [-0.2, 0) is 9.47 Å². The summed E-state index contributed by atoms with van der Waals surface area (Å²) in [6, 6.07) is 9.85. The molecule has 0 fully saturated rings. The highest BCUT2D eigenvalue weighted by molar-refractivity contribution is 9.10. The van der Waals surface area contributed by atoms with E-state index in [1.165, 1.54) is 24.6 Å². The van der Waals surface area contributed by atoms with E-state index in [9.17, 15) is 14.9 Å². The maximum absolute atomic E-state index is 12.5. The average Bonchev–Trinajstić information content (AvgIpc) is 3.39. The molecule has 0 radical (unpaired) electrons. The molecule has 0 spiro atoms. The molecule has 0 unspecified atom stereocenters. The molecule has 0 aliphatic heterocycles. The van der Waals surface area contributed by atoms with Crippen molar-refractivity contribution >= 4 is 61.1 Å². The van der Waals surface area contributed by atoms with Crippen molar-refractivity contribution in [3.05, 3.63) is 61.3 Å². The van der Waals surface area contributed by atoms with E-state index < -0.39 is 11.9 Å². The number of rotatable bonds is 7. The van der Waals surface area contributed by atoms with Gasteiger partial charge in [0.2, 0.25) is 0 Å². The highest BCUT2D eigenvalue weighted by Gasteiger charge is 2.26. The lowest BCUT2D eigenvalue weighted by Crippen LogP contribution is -2.08. The van der Waals surface area contributed by atoms with Gasteiger partial charge < -0.3 is 14.8 Å². The van der Waals surface area contributed by atoms with Gasteiger partial charge >= 0.3 is 11.9 Å². The predicted octanol–water partition coefficient (Wildman–Crippen LogP) is 5.88. The van der Waals surface area contributed by atoms with Crippen molar-refractivity contribution in [2.24, 2.45) is 0 Å². The number of nitrogens with one attached hydrogen (secondary N) is 1. The standard InChI is InChI=1S/C22H18BrN3O4S2/c1-4-30-21(27)17-12(2)18(22(28)29-3)32-20(17)25-10-14(9-24)19-26-16(11-31-19)13-6-5-7-15(23)8-13/h5-8,10-11,25H,4H2,1-3H3. The summed E-state index contributed by atoms with van der Waals surface area (Å²) in [5, 5.41) is 15.4. The molecule has 0 saturated carbocycles. The molecule has 1 aromatic carbocycles. The third-order valence-corrected chi connectivity index (χ3v) is 6.89. The number of carbonyl (C=O) groups is 2. The van der Waals surface area contributed by atoms with E-state index in [0.717, 1.165) is 27.1 Å². The van der Waals surface area contributed by atoms with Crippen molar-refractivity contribution in [1.82, 2.24) is 4.98 Å². The topological polar surface area (TPSA) is 101 Å². The lowest BCUT2D eigenvalue weighted by atomic mass is 10.1. The van der Waals surface area contributed by atoms with Crippen LogP contribution in [0.3, 0.4) is 0 Å².